The highest BCUT2D eigenvalue weighted by atomic mass is 16.6. The lowest BCUT2D eigenvalue weighted by atomic mass is 10.0. The van der Waals surface area contributed by atoms with Crippen LogP contribution in [0.3, 0.4) is 0 Å². The van der Waals surface area contributed by atoms with Gasteiger partial charge in [-0.15, -0.1) is 0 Å². The van der Waals surface area contributed by atoms with Gasteiger partial charge in [-0.3, -0.25) is 39.0 Å². The molecular weight excluding hydrogens is 564 g/mol. The van der Waals surface area contributed by atoms with E-state index < -0.39 is 35.3 Å². The zero-order chi connectivity index (χ0) is 31.9. The molecule has 1 unspecified atom stereocenters. The van der Waals surface area contributed by atoms with E-state index in [1.165, 1.54) is 0 Å². The second kappa shape index (κ2) is 14.8. The summed E-state index contributed by atoms with van der Waals surface area (Å²) in [5.74, 6) is -2.06. The van der Waals surface area contributed by atoms with Gasteiger partial charge in [0, 0.05) is 45.4 Å². The summed E-state index contributed by atoms with van der Waals surface area (Å²) in [6.07, 6.45) is 9.39. The molecule has 5 amide bonds. The Hall–Kier alpha value is -3.76. The van der Waals surface area contributed by atoms with Crippen molar-refractivity contribution in [1.29, 1.82) is 0 Å². The first kappa shape index (κ1) is 33.1. The van der Waals surface area contributed by atoms with Crippen molar-refractivity contribution in [3.8, 4) is 0 Å². The van der Waals surface area contributed by atoms with E-state index in [0.29, 0.717) is 44.7 Å². The zero-order valence-electron chi connectivity index (χ0n) is 26.3. The Morgan fingerprint density at radius 2 is 1.45 bits per heavy atom. The maximum absolute atomic E-state index is 13.4. The molecule has 11 nitrogen and oxygen atoms in total. The zero-order valence-corrected chi connectivity index (χ0v) is 26.3. The highest BCUT2D eigenvalue weighted by Gasteiger charge is 2.46. The van der Waals surface area contributed by atoms with E-state index in [9.17, 15) is 28.8 Å². The predicted molar refractivity (Wildman–Crippen MR) is 164 cm³/mol. The van der Waals surface area contributed by atoms with E-state index in [2.05, 4.69) is 5.32 Å². The third-order valence-corrected chi connectivity index (χ3v) is 8.36. The number of nitrogens with one attached hydrogen (secondary N) is 1. The standard InChI is InChI=1S/C33H46N4O7/c1-33(2,3)44-28(40)16-11-9-7-5-4-6-8-10-15-27(39)36-21-19-35(20-22-36)24-14-12-13-23-29(24)32(43)37(31(23)42)25-17-18-26(38)34-30(25)41/h12-14,25H,4-11,15-22H2,1-3H3,(H,34,38,41). The Morgan fingerprint density at radius 3 is 2.07 bits per heavy atom. The van der Waals surface area contributed by atoms with Crippen LogP contribution in [0.15, 0.2) is 18.2 Å². The van der Waals surface area contributed by atoms with Crippen molar-refractivity contribution >= 4 is 41.2 Å². The van der Waals surface area contributed by atoms with Crippen molar-refractivity contribution in [3.05, 3.63) is 29.3 Å². The number of imide groups is 2. The summed E-state index contributed by atoms with van der Waals surface area (Å²) in [6, 6.07) is 4.13. The molecular formula is C33H46N4O7. The summed E-state index contributed by atoms with van der Waals surface area (Å²) >= 11 is 0. The lowest BCUT2D eigenvalue weighted by Crippen LogP contribution is -2.54. The number of piperazine rings is 1. The minimum absolute atomic E-state index is 0.0748. The lowest BCUT2D eigenvalue weighted by Gasteiger charge is -2.37. The molecule has 1 N–H and O–H groups in total. The monoisotopic (exact) mass is 610 g/mol. The number of anilines is 1. The average Bonchev–Trinajstić information content (AvgIpc) is 3.22. The highest BCUT2D eigenvalue weighted by Crippen LogP contribution is 2.34. The molecule has 2 saturated heterocycles. The molecule has 3 heterocycles. The molecule has 0 spiro atoms. The van der Waals surface area contributed by atoms with Crippen LogP contribution >= 0.6 is 0 Å². The predicted octanol–water partition coefficient (Wildman–Crippen LogP) is 3.98. The summed E-state index contributed by atoms with van der Waals surface area (Å²) in [5, 5.41) is 2.22. The Balaban J connectivity index is 1.14. The van der Waals surface area contributed by atoms with Gasteiger partial charge in [0.25, 0.3) is 11.8 Å². The number of carbonyl (C=O) groups is 6. The van der Waals surface area contributed by atoms with E-state index in [4.69, 9.17) is 4.74 Å². The van der Waals surface area contributed by atoms with Gasteiger partial charge in [0.2, 0.25) is 17.7 Å². The van der Waals surface area contributed by atoms with Gasteiger partial charge in [0.05, 0.1) is 16.8 Å². The molecule has 240 valence electrons. The van der Waals surface area contributed by atoms with Crippen LogP contribution in [0.1, 0.15) is 119 Å². The molecule has 44 heavy (non-hydrogen) atoms. The smallest absolute Gasteiger partial charge is 0.306 e. The maximum Gasteiger partial charge on any atom is 0.306 e. The number of benzene rings is 1. The average molecular weight is 611 g/mol. The van der Waals surface area contributed by atoms with E-state index in [0.717, 1.165) is 56.3 Å². The SMILES string of the molecule is CC(C)(C)OC(=O)CCCCCCCCCCC(=O)N1CCN(c2cccc3c2C(=O)N(C2CCC(=O)NC2=O)C3=O)CC1. The van der Waals surface area contributed by atoms with Gasteiger partial charge < -0.3 is 14.5 Å². The first-order chi connectivity index (χ1) is 21.0. The van der Waals surface area contributed by atoms with Crippen LogP contribution in [-0.2, 0) is 23.9 Å². The number of amides is 5. The molecule has 1 aromatic carbocycles. The molecule has 0 aromatic heterocycles. The maximum atomic E-state index is 13.4. The van der Waals surface area contributed by atoms with Crippen LogP contribution in [0.4, 0.5) is 5.69 Å². The van der Waals surface area contributed by atoms with E-state index in [1.807, 2.05) is 30.6 Å². The topological polar surface area (TPSA) is 133 Å². The van der Waals surface area contributed by atoms with Gasteiger partial charge in [-0.1, -0.05) is 44.6 Å². The molecule has 4 rings (SSSR count). The number of fused-ring (bicyclic) bond motifs is 1. The largest absolute Gasteiger partial charge is 0.460 e. The highest BCUT2D eigenvalue weighted by molar-refractivity contribution is 6.25. The number of unbranched alkanes of at least 4 members (excludes halogenated alkanes) is 7. The minimum atomic E-state index is -1.00. The molecule has 1 aromatic rings. The second-order valence-electron chi connectivity index (χ2n) is 12.9. The molecule has 0 saturated carbocycles. The number of hydrogen-bond donors (Lipinski definition) is 1. The van der Waals surface area contributed by atoms with Crippen LogP contribution in [0, 0.1) is 0 Å². The van der Waals surface area contributed by atoms with Gasteiger partial charge in [-0.2, -0.15) is 0 Å². The fourth-order valence-electron chi connectivity index (χ4n) is 6.11. The number of piperidine rings is 1. The van der Waals surface area contributed by atoms with Gasteiger partial charge in [0.1, 0.15) is 11.6 Å². The molecule has 3 aliphatic heterocycles. The van der Waals surface area contributed by atoms with Gasteiger partial charge >= 0.3 is 5.97 Å². The third kappa shape index (κ3) is 8.45. The molecule has 1 atom stereocenters. The number of ether oxygens (including phenoxy) is 1. The number of esters is 1. The molecule has 0 bridgehead atoms. The van der Waals surface area contributed by atoms with Crippen LogP contribution < -0.4 is 10.2 Å². The molecule has 11 heteroatoms. The summed E-state index contributed by atoms with van der Waals surface area (Å²) in [6.45, 7) is 7.78. The normalized spacial score (nSPS) is 18.9. The minimum Gasteiger partial charge on any atom is -0.460 e. The van der Waals surface area contributed by atoms with Gasteiger partial charge in [-0.25, -0.2) is 0 Å². The van der Waals surface area contributed by atoms with E-state index in [-0.39, 0.29) is 35.8 Å². The van der Waals surface area contributed by atoms with Crippen LogP contribution in [-0.4, -0.2) is 83.1 Å². The van der Waals surface area contributed by atoms with Crippen LogP contribution in [0.2, 0.25) is 0 Å². The fraction of sp³-hybridized carbons (Fsp3) is 0.636. The number of carbonyl (C=O) groups excluding carboxylic acids is 6. The summed E-state index contributed by atoms with van der Waals surface area (Å²) in [5.41, 5.74) is 0.749. The number of rotatable bonds is 13. The van der Waals surface area contributed by atoms with Gasteiger partial charge in [0.15, 0.2) is 0 Å². The van der Waals surface area contributed by atoms with Crippen LogP contribution in [0.5, 0.6) is 0 Å². The van der Waals surface area contributed by atoms with Crippen LogP contribution in [0.25, 0.3) is 0 Å². The molecule has 0 aliphatic carbocycles. The van der Waals surface area contributed by atoms with Crippen molar-refractivity contribution in [1.82, 2.24) is 15.1 Å². The van der Waals surface area contributed by atoms with Crippen molar-refractivity contribution in [2.45, 2.75) is 109 Å². The summed E-state index contributed by atoms with van der Waals surface area (Å²) in [4.78, 5) is 80.0. The summed E-state index contributed by atoms with van der Waals surface area (Å²) in [7, 11) is 0. The van der Waals surface area contributed by atoms with E-state index >= 15 is 0 Å². The van der Waals surface area contributed by atoms with Crippen molar-refractivity contribution in [2.75, 3.05) is 31.1 Å². The lowest BCUT2D eigenvalue weighted by molar-refractivity contribution is -0.155. The molecule has 2 fully saturated rings. The Kier molecular flexibility index (Phi) is 11.2. The van der Waals surface area contributed by atoms with Crippen molar-refractivity contribution < 1.29 is 33.5 Å². The summed E-state index contributed by atoms with van der Waals surface area (Å²) < 4.78 is 5.33. The number of hydrogen-bond acceptors (Lipinski definition) is 8. The van der Waals surface area contributed by atoms with Crippen molar-refractivity contribution in [2.24, 2.45) is 0 Å². The Morgan fingerprint density at radius 1 is 0.841 bits per heavy atom. The Labute approximate surface area is 259 Å². The molecule has 0 radical (unpaired) electrons. The van der Waals surface area contributed by atoms with Gasteiger partial charge in [-0.05, 0) is 52.2 Å². The second-order valence-corrected chi connectivity index (χ2v) is 12.9. The number of nitrogens with zero attached hydrogens (tertiary/aromatic N) is 3. The quantitative estimate of drug-likeness (QED) is 0.202. The first-order valence-corrected chi connectivity index (χ1v) is 16.1. The third-order valence-electron chi connectivity index (χ3n) is 8.36. The van der Waals surface area contributed by atoms with E-state index in [1.54, 1.807) is 18.2 Å². The Bertz CT molecular complexity index is 1260. The van der Waals surface area contributed by atoms with Crippen molar-refractivity contribution in [3.63, 3.8) is 0 Å². The first-order valence-electron chi connectivity index (χ1n) is 16.1. The fourth-order valence-corrected chi connectivity index (χ4v) is 6.11. The molecule has 3 aliphatic rings.